The van der Waals surface area contributed by atoms with Crippen molar-refractivity contribution in [2.75, 3.05) is 0 Å². The first-order valence-electron chi connectivity index (χ1n) is 8.83. The number of rotatable bonds is 2. The Morgan fingerprint density at radius 2 is 1.77 bits per heavy atom. The molecule has 0 spiro atoms. The van der Waals surface area contributed by atoms with Crippen LogP contribution in [0.15, 0.2) is 76.9 Å². The third kappa shape index (κ3) is 2.46. The topological polar surface area (TPSA) is 17.0 Å². The van der Waals surface area contributed by atoms with Gasteiger partial charge in [-0.1, -0.05) is 43.0 Å². The van der Waals surface area contributed by atoms with Crippen LogP contribution in [0.25, 0.3) is 33.9 Å². The van der Waals surface area contributed by atoms with Crippen LogP contribution < -0.4 is 15.2 Å². The van der Waals surface area contributed by atoms with Crippen LogP contribution >= 0.6 is 0 Å². The number of aryl methyl sites for hydroxylation is 1. The summed E-state index contributed by atoms with van der Waals surface area (Å²) in [5.41, 5.74) is 5.11. The second-order valence-corrected chi connectivity index (χ2v) is 6.62. The van der Waals surface area contributed by atoms with Gasteiger partial charge in [0, 0.05) is 28.1 Å². The van der Waals surface area contributed by atoms with Gasteiger partial charge >= 0.3 is 0 Å². The van der Waals surface area contributed by atoms with Crippen molar-refractivity contribution < 1.29 is 8.98 Å². The Labute approximate surface area is 153 Å². The minimum atomic E-state index is 0.841. The second kappa shape index (κ2) is 6.30. The van der Waals surface area contributed by atoms with Crippen LogP contribution in [-0.2, 0) is 7.05 Å². The summed E-state index contributed by atoms with van der Waals surface area (Å²) in [6, 6.07) is 18.8. The van der Waals surface area contributed by atoms with E-state index in [2.05, 4.69) is 86.8 Å². The number of pyridine rings is 1. The van der Waals surface area contributed by atoms with E-state index < -0.39 is 0 Å². The van der Waals surface area contributed by atoms with Crippen molar-refractivity contribution in [1.82, 2.24) is 0 Å². The number of hydrogen-bond acceptors (Lipinski definition) is 1. The van der Waals surface area contributed by atoms with E-state index in [-0.39, 0.29) is 0 Å². The van der Waals surface area contributed by atoms with E-state index in [1.807, 2.05) is 12.1 Å². The van der Waals surface area contributed by atoms with Crippen molar-refractivity contribution in [2.45, 2.75) is 13.8 Å². The van der Waals surface area contributed by atoms with E-state index in [9.17, 15) is 0 Å². The van der Waals surface area contributed by atoms with E-state index >= 15 is 0 Å². The Morgan fingerprint density at radius 3 is 2.54 bits per heavy atom. The summed E-state index contributed by atoms with van der Waals surface area (Å²) in [6.45, 7) is 8.53. The number of hydrogen-bond donors (Lipinski definition) is 0. The molecule has 0 aliphatic heterocycles. The van der Waals surface area contributed by atoms with Crippen LogP contribution in [-0.4, -0.2) is 0 Å². The maximum absolute atomic E-state index is 6.45. The minimum absolute atomic E-state index is 0.841. The SMILES string of the molecule is C=c1/c(=C(\C(C)=C/C)c2cccc[n+]2C)oc2c1ccc1ccccc12. The number of fused-ring (bicyclic) bond motifs is 3. The van der Waals surface area contributed by atoms with Crippen molar-refractivity contribution >= 4 is 33.9 Å². The fourth-order valence-electron chi connectivity index (χ4n) is 3.50. The van der Waals surface area contributed by atoms with Gasteiger partial charge in [-0.25, -0.2) is 4.57 Å². The summed E-state index contributed by atoms with van der Waals surface area (Å²) < 4.78 is 8.57. The van der Waals surface area contributed by atoms with Crippen molar-refractivity contribution in [3.63, 3.8) is 0 Å². The lowest BCUT2D eigenvalue weighted by atomic mass is 10.0. The molecule has 0 aliphatic carbocycles. The fraction of sp³-hybridized carbons (Fsp3) is 0.125. The van der Waals surface area contributed by atoms with Gasteiger partial charge in [-0.3, -0.25) is 0 Å². The average molecular weight is 340 g/mol. The molecule has 2 aromatic heterocycles. The predicted octanol–water partition coefficient (Wildman–Crippen LogP) is 3.99. The predicted molar refractivity (Wildman–Crippen MR) is 108 cm³/mol. The van der Waals surface area contributed by atoms with Crippen LogP contribution in [0.3, 0.4) is 0 Å². The lowest BCUT2D eigenvalue weighted by molar-refractivity contribution is -0.673. The molecule has 2 heterocycles. The van der Waals surface area contributed by atoms with Crippen molar-refractivity contribution in [3.05, 3.63) is 88.8 Å². The van der Waals surface area contributed by atoms with Crippen molar-refractivity contribution in [1.29, 1.82) is 0 Å². The van der Waals surface area contributed by atoms with Gasteiger partial charge < -0.3 is 4.42 Å². The zero-order chi connectivity index (χ0) is 18.3. The molecule has 0 N–H and O–H groups in total. The van der Waals surface area contributed by atoms with Crippen LogP contribution in [0.5, 0.6) is 0 Å². The standard InChI is InChI=1S/C24H22NO/c1-5-16(2)22(21-12-8-9-15-25(21)4)23-17(3)19-14-13-18-10-6-7-11-20(18)24(19)26-23/h5-15H,3H2,1-2,4H3/q+1/b16-5-,23-22-. The lowest BCUT2D eigenvalue weighted by Gasteiger charge is -2.04. The number of benzene rings is 2. The maximum Gasteiger partial charge on any atom is 0.216 e. The molecule has 0 saturated carbocycles. The molecular formula is C24H22NO+. The molecule has 0 amide bonds. The van der Waals surface area contributed by atoms with Crippen molar-refractivity contribution in [3.8, 4) is 0 Å². The molecule has 2 heteroatoms. The van der Waals surface area contributed by atoms with E-state index in [4.69, 9.17) is 4.42 Å². The molecule has 128 valence electrons. The number of allylic oxidation sites excluding steroid dienone is 2. The van der Waals surface area contributed by atoms with Gasteiger partial charge in [0.05, 0.1) is 5.57 Å². The molecule has 2 nitrogen and oxygen atoms in total. The molecule has 2 aromatic carbocycles. The second-order valence-electron chi connectivity index (χ2n) is 6.62. The summed E-state index contributed by atoms with van der Waals surface area (Å²) in [7, 11) is 2.05. The monoisotopic (exact) mass is 340 g/mol. The van der Waals surface area contributed by atoms with E-state index in [0.717, 1.165) is 38.3 Å². The largest absolute Gasteiger partial charge is 0.455 e. The van der Waals surface area contributed by atoms with Gasteiger partial charge in [-0.05, 0) is 36.9 Å². The molecule has 0 bridgehead atoms. The molecule has 0 aliphatic rings. The molecule has 0 unspecified atom stereocenters. The zero-order valence-corrected chi connectivity index (χ0v) is 15.4. The molecule has 0 fully saturated rings. The van der Waals surface area contributed by atoms with Gasteiger partial charge in [0.15, 0.2) is 6.20 Å². The highest BCUT2D eigenvalue weighted by Gasteiger charge is 2.18. The van der Waals surface area contributed by atoms with Gasteiger partial charge in [-0.15, -0.1) is 0 Å². The smallest absolute Gasteiger partial charge is 0.216 e. The Balaban J connectivity index is 2.22. The van der Waals surface area contributed by atoms with Crippen molar-refractivity contribution in [2.24, 2.45) is 7.05 Å². The quantitative estimate of drug-likeness (QED) is 0.504. The highest BCUT2D eigenvalue weighted by Crippen LogP contribution is 2.24. The van der Waals surface area contributed by atoms with E-state index in [0.29, 0.717) is 0 Å². The third-order valence-electron chi connectivity index (χ3n) is 5.05. The number of aromatic nitrogens is 1. The molecule has 4 rings (SSSR count). The van der Waals surface area contributed by atoms with Gasteiger partial charge in [0.2, 0.25) is 5.69 Å². The maximum atomic E-state index is 6.45. The first kappa shape index (κ1) is 16.3. The van der Waals surface area contributed by atoms with Crippen LogP contribution in [0.4, 0.5) is 0 Å². The molecular weight excluding hydrogens is 318 g/mol. The Hall–Kier alpha value is -3.13. The van der Waals surface area contributed by atoms with Crippen LogP contribution in [0, 0.1) is 0 Å². The van der Waals surface area contributed by atoms with Gasteiger partial charge in [0.25, 0.3) is 0 Å². The lowest BCUT2D eigenvalue weighted by Crippen LogP contribution is -2.35. The molecule has 0 atom stereocenters. The Morgan fingerprint density at radius 1 is 1.00 bits per heavy atom. The first-order valence-corrected chi connectivity index (χ1v) is 8.83. The molecule has 0 saturated heterocycles. The summed E-state index contributed by atoms with van der Waals surface area (Å²) in [6.07, 6.45) is 4.17. The highest BCUT2D eigenvalue weighted by molar-refractivity contribution is 6.04. The first-order chi connectivity index (χ1) is 12.6. The normalized spacial score (nSPS) is 13.4. The molecule has 26 heavy (non-hydrogen) atoms. The van der Waals surface area contributed by atoms with Crippen LogP contribution in [0.1, 0.15) is 19.5 Å². The number of nitrogens with zero attached hydrogens (tertiary/aromatic N) is 1. The third-order valence-corrected chi connectivity index (χ3v) is 5.05. The zero-order valence-electron chi connectivity index (χ0n) is 15.4. The van der Waals surface area contributed by atoms with Gasteiger partial charge in [0.1, 0.15) is 18.0 Å². The number of furan rings is 1. The summed E-state index contributed by atoms with van der Waals surface area (Å²) in [4.78, 5) is 0. The Kier molecular flexibility index (Phi) is 3.96. The van der Waals surface area contributed by atoms with E-state index in [1.165, 1.54) is 11.0 Å². The average Bonchev–Trinajstić information content (AvgIpc) is 3.00. The minimum Gasteiger partial charge on any atom is -0.455 e. The van der Waals surface area contributed by atoms with Crippen LogP contribution in [0.2, 0.25) is 0 Å². The summed E-state index contributed by atoms with van der Waals surface area (Å²) in [5, 5.41) is 4.30. The Bertz CT molecular complexity index is 1270. The van der Waals surface area contributed by atoms with Gasteiger partial charge in [-0.2, -0.15) is 0 Å². The summed E-state index contributed by atoms with van der Waals surface area (Å²) >= 11 is 0. The summed E-state index contributed by atoms with van der Waals surface area (Å²) in [5.74, 6) is 0. The van der Waals surface area contributed by atoms with E-state index in [1.54, 1.807) is 0 Å². The molecule has 4 aromatic rings. The molecule has 0 radical (unpaired) electrons. The highest BCUT2D eigenvalue weighted by atomic mass is 16.3. The fourth-order valence-corrected chi connectivity index (χ4v) is 3.50.